The summed E-state index contributed by atoms with van der Waals surface area (Å²) in [7, 11) is 0. The Kier molecular flexibility index (Phi) is 5.68. The molecule has 0 radical (unpaired) electrons. The third kappa shape index (κ3) is 3.38. The van der Waals surface area contributed by atoms with Gasteiger partial charge < -0.3 is 29.2 Å². The highest BCUT2D eigenvalue weighted by Crippen LogP contribution is 2.65. The van der Waals surface area contributed by atoms with Gasteiger partial charge in [0.15, 0.2) is 0 Å². The lowest BCUT2D eigenvalue weighted by molar-refractivity contribution is 0.0513. The zero-order valence-electron chi connectivity index (χ0n) is 21.2. The quantitative estimate of drug-likeness (QED) is 0.268. The summed E-state index contributed by atoms with van der Waals surface area (Å²) in [5.41, 5.74) is -0.0218. The molecular formula is C31H24O8. The number of carbonyl (C=O) groups excluding carboxylic acids is 2. The highest BCUT2D eigenvalue weighted by Gasteiger charge is 2.54. The topological polar surface area (TPSA) is 112 Å². The van der Waals surface area contributed by atoms with Crippen molar-refractivity contribution in [2.75, 3.05) is 13.2 Å². The van der Waals surface area contributed by atoms with Crippen LogP contribution in [0, 0.1) is 0 Å². The fourth-order valence-corrected chi connectivity index (χ4v) is 5.56. The Morgan fingerprint density at radius 3 is 1.46 bits per heavy atom. The molecule has 8 heteroatoms. The Balaban J connectivity index is 1.80. The second-order valence-corrected chi connectivity index (χ2v) is 9.06. The van der Waals surface area contributed by atoms with E-state index in [0.717, 1.165) is 0 Å². The monoisotopic (exact) mass is 524 g/mol. The molecule has 8 nitrogen and oxygen atoms in total. The number of benzene rings is 4. The van der Waals surface area contributed by atoms with Gasteiger partial charge in [-0.1, -0.05) is 36.4 Å². The summed E-state index contributed by atoms with van der Waals surface area (Å²) < 4.78 is 22.9. The summed E-state index contributed by atoms with van der Waals surface area (Å²) in [6.07, 6.45) is 0. The van der Waals surface area contributed by atoms with Crippen molar-refractivity contribution in [1.29, 1.82) is 0 Å². The maximum atomic E-state index is 12.9. The molecule has 196 valence electrons. The van der Waals surface area contributed by atoms with E-state index in [-0.39, 0.29) is 58.5 Å². The lowest BCUT2D eigenvalue weighted by atomic mass is 9.61. The zero-order valence-corrected chi connectivity index (χ0v) is 21.2. The van der Waals surface area contributed by atoms with Crippen molar-refractivity contribution < 1.29 is 38.7 Å². The first-order chi connectivity index (χ1) is 18.9. The van der Waals surface area contributed by atoms with Crippen LogP contribution < -0.4 is 9.47 Å². The van der Waals surface area contributed by atoms with Gasteiger partial charge in [-0.05, 0) is 50.2 Å². The molecule has 2 aliphatic heterocycles. The molecule has 4 aromatic rings. The van der Waals surface area contributed by atoms with Crippen molar-refractivity contribution in [2.24, 2.45) is 0 Å². The molecule has 1 spiro atoms. The summed E-state index contributed by atoms with van der Waals surface area (Å²) >= 11 is 0. The summed E-state index contributed by atoms with van der Waals surface area (Å²) in [5, 5.41) is 23.6. The molecule has 2 heterocycles. The zero-order chi connectivity index (χ0) is 27.3. The van der Waals surface area contributed by atoms with Gasteiger partial charge in [0, 0.05) is 11.1 Å². The number of aromatic hydroxyl groups is 2. The molecule has 0 aromatic heterocycles. The maximum absolute atomic E-state index is 12.9. The van der Waals surface area contributed by atoms with Gasteiger partial charge in [-0.25, -0.2) is 9.59 Å². The van der Waals surface area contributed by atoms with E-state index in [1.807, 2.05) is 36.4 Å². The number of esters is 2. The predicted molar refractivity (Wildman–Crippen MR) is 140 cm³/mol. The van der Waals surface area contributed by atoms with Gasteiger partial charge in [0.2, 0.25) is 0 Å². The minimum absolute atomic E-state index is 0.0653. The third-order valence-corrected chi connectivity index (χ3v) is 7.04. The van der Waals surface area contributed by atoms with Crippen molar-refractivity contribution in [3.63, 3.8) is 0 Å². The average molecular weight is 525 g/mol. The van der Waals surface area contributed by atoms with Crippen LogP contribution in [0.2, 0.25) is 0 Å². The van der Waals surface area contributed by atoms with Gasteiger partial charge in [-0.3, -0.25) is 0 Å². The second kappa shape index (κ2) is 9.09. The number of carbonyl (C=O) groups is 2. The molecule has 39 heavy (non-hydrogen) atoms. The van der Waals surface area contributed by atoms with Crippen molar-refractivity contribution in [3.8, 4) is 34.5 Å². The van der Waals surface area contributed by atoms with E-state index >= 15 is 0 Å². The van der Waals surface area contributed by atoms with Crippen molar-refractivity contribution in [1.82, 2.24) is 0 Å². The smallest absolute Gasteiger partial charge is 0.341 e. The molecule has 0 bridgehead atoms. The highest BCUT2D eigenvalue weighted by atomic mass is 16.5. The second-order valence-electron chi connectivity index (χ2n) is 9.06. The van der Waals surface area contributed by atoms with Crippen LogP contribution in [0.25, 0.3) is 0 Å². The number of phenols is 2. The lowest BCUT2D eigenvalue weighted by Crippen LogP contribution is -2.37. The van der Waals surface area contributed by atoms with Crippen molar-refractivity contribution in [3.05, 3.63) is 106 Å². The first kappa shape index (κ1) is 24.4. The Bertz CT molecular complexity index is 1530. The maximum Gasteiger partial charge on any atom is 0.341 e. The number of ether oxygens (including phenoxy) is 4. The van der Waals surface area contributed by atoms with Gasteiger partial charge in [-0.2, -0.15) is 0 Å². The van der Waals surface area contributed by atoms with Gasteiger partial charge >= 0.3 is 11.9 Å². The first-order valence-corrected chi connectivity index (χ1v) is 12.5. The molecule has 4 aromatic carbocycles. The molecule has 0 saturated heterocycles. The Labute approximate surface area is 224 Å². The fraction of sp³-hybridized carbons (Fsp3) is 0.161. The number of phenolic OH excluding ortho intramolecular Hbond substituents is 2. The molecule has 2 aliphatic rings. The molecule has 0 amide bonds. The van der Waals surface area contributed by atoms with E-state index in [4.69, 9.17) is 18.9 Å². The molecule has 0 unspecified atom stereocenters. The average Bonchev–Trinajstić information content (AvgIpc) is 2.93. The SMILES string of the molecule is CCOC(=O)c1ccc2c(c1O)C1(c3ccccc3O2)c2ccccc2Oc2ccc(C(=O)OCC)c(O)c21. The summed E-state index contributed by atoms with van der Waals surface area (Å²) in [6, 6.07) is 20.5. The molecular weight excluding hydrogens is 500 g/mol. The van der Waals surface area contributed by atoms with Crippen LogP contribution in [0.1, 0.15) is 56.8 Å². The Morgan fingerprint density at radius 2 is 1.05 bits per heavy atom. The van der Waals surface area contributed by atoms with Crippen LogP contribution in [0.4, 0.5) is 0 Å². The largest absolute Gasteiger partial charge is 0.507 e. The fourth-order valence-electron chi connectivity index (χ4n) is 5.56. The van der Waals surface area contributed by atoms with Gasteiger partial charge in [-0.15, -0.1) is 0 Å². The molecule has 0 aliphatic carbocycles. The number of hydrogen-bond acceptors (Lipinski definition) is 8. The number of rotatable bonds is 4. The lowest BCUT2D eigenvalue weighted by Gasteiger charge is -2.45. The van der Waals surface area contributed by atoms with E-state index in [1.165, 1.54) is 12.1 Å². The number of hydrogen-bond donors (Lipinski definition) is 2. The van der Waals surface area contributed by atoms with Gasteiger partial charge in [0.25, 0.3) is 0 Å². The Morgan fingerprint density at radius 1 is 0.641 bits per heavy atom. The van der Waals surface area contributed by atoms with E-state index < -0.39 is 17.4 Å². The standard InChI is InChI=1S/C31H24O8/c1-3-36-29(34)17-13-15-23-25(27(17)32)31(19-9-5-7-11-21(19)38-23)20-10-6-8-12-22(20)39-24-16-14-18(28(33)26(24)31)30(35)37-4-2/h5-16,32-33H,3-4H2,1-2H3. The van der Waals surface area contributed by atoms with Crippen molar-refractivity contribution in [2.45, 2.75) is 19.3 Å². The molecule has 0 fully saturated rings. The van der Waals surface area contributed by atoms with Crippen LogP contribution in [0.5, 0.6) is 34.5 Å². The van der Waals surface area contributed by atoms with Gasteiger partial charge in [0.1, 0.15) is 45.6 Å². The minimum Gasteiger partial charge on any atom is -0.507 e. The van der Waals surface area contributed by atoms with Gasteiger partial charge in [0.05, 0.1) is 29.8 Å². The molecule has 6 rings (SSSR count). The Hall–Kier alpha value is -4.98. The summed E-state index contributed by atoms with van der Waals surface area (Å²) in [5.74, 6) is -0.693. The molecule has 0 saturated carbocycles. The van der Waals surface area contributed by atoms with E-state index in [2.05, 4.69) is 0 Å². The molecule has 0 atom stereocenters. The number of fused-ring (bicyclic) bond motifs is 8. The normalized spacial score (nSPS) is 13.6. The van der Waals surface area contributed by atoms with Crippen molar-refractivity contribution >= 4 is 11.9 Å². The van der Waals surface area contributed by atoms with Crippen LogP contribution in [0.3, 0.4) is 0 Å². The van der Waals surface area contributed by atoms with Crippen LogP contribution in [-0.4, -0.2) is 35.4 Å². The predicted octanol–water partition coefficient (Wildman–Crippen LogP) is 6.05. The van der Waals surface area contributed by atoms with E-state index in [1.54, 1.807) is 38.1 Å². The highest BCUT2D eigenvalue weighted by molar-refractivity contribution is 5.97. The summed E-state index contributed by atoms with van der Waals surface area (Å²) in [6.45, 7) is 3.58. The van der Waals surface area contributed by atoms with Crippen LogP contribution in [-0.2, 0) is 14.9 Å². The van der Waals surface area contributed by atoms with Crippen LogP contribution in [0.15, 0.2) is 72.8 Å². The molecule has 2 N–H and O–H groups in total. The van der Waals surface area contributed by atoms with Crippen LogP contribution >= 0.6 is 0 Å². The van der Waals surface area contributed by atoms with E-state index in [9.17, 15) is 19.8 Å². The third-order valence-electron chi connectivity index (χ3n) is 7.04. The summed E-state index contributed by atoms with van der Waals surface area (Å²) in [4.78, 5) is 25.8. The van der Waals surface area contributed by atoms with E-state index in [0.29, 0.717) is 22.6 Å². The minimum atomic E-state index is -1.45. The first-order valence-electron chi connectivity index (χ1n) is 12.5. The number of para-hydroxylation sites is 2.